The summed E-state index contributed by atoms with van der Waals surface area (Å²) in [6, 6.07) is 0. The maximum absolute atomic E-state index is 12.1. The predicted octanol–water partition coefficient (Wildman–Crippen LogP) is 0.703. The monoisotopic (exact) mass is 240 g/mol. The molecule has 98 valence electrons. The number of likely N-dealkylation sites (tertiary alicyclic amines) is 2. The standard InChI is InChI=1S/C13H24N2O2/c16-11-12-5-4-6-14(9-12)10-13(17)15-7-2-1-3-8-15/h12,16H,1-11H2/t12-/m0/s1. The molecule has 1 N–H and O–H groups in total. The molecule has 2 fully saturated rings. The highest BCUT2D eigenvalue weighted by atomic mass is 16.3. The molecule has 2 saturated heterocycles. The van der Waals surface area contributed by atoms with Gasteiger partial charge in [0.1, 0.15) is 0 Å². The summed E-state index contributed by atoms with van der Waals surface area (Å²) in [5.74, 6) is 0.654. The fourth-order valence-electron chi connectivity index (χ4n) is 2.88. The van der Waals surface area contributed by atoms with Crippen LogP contribution in [0.25, 0.3) is 0 Å². The van der Waals surface area contributed by atoms with Crippen LogP contribution in [0.5, 0.6) is 0 Å². The molecule has 0 bridgehead atoms. The smallest absolute Gasteiger partial charge is 0.236 e. The van der Waals surface area contributed by atoms with Gasteiger partial charge in [-0.3, -0.25) is 9.69 Å². The number of amides is 1. The summed E-state index contributed by atoms with van der Waals surface area (Å²) in [6.07, 6.45) is 5.79. The number of hydrogen-bond donors (Lipinski definition) is 1. The number of nitrogens with zero attached hydrogens (tertiary/aromatic N) is 2. The quantitative estimate of drug-likeness (QED) is 0.790. The fourth-order valence-corrected chi connectivity index (χ4v) is 2.88. The average molecular weight is 240 g/mol. The third-order valence-electron chi connectivity index (χ3n) is 3.93. The zero-order valence-corrected chi connectivity index (χ0v) is 10.6. The van der Waals surface area contributed by atoms with Crippen molar-refractivity contribution in [2.75, 3.05) is 39.3 Å². The summed E-state index contributed by atoms with van der Waals surface area (Å²) in [4.78, 5) is 16.3. The Balaban J connectivity index is 1.77. The number of aliphatic hydroxyl groups is 1. The van der Waals surface area contributed by atoms with Gasteiger partial charge in [0, 0.05) is 26.2 Å². The van der Waals surface area contributed by atoms with E-state index in [1.165, 1.54) is 6.42 Å². The molecular formula is C13H24N2O2. The van der Waals surface area contributed by atoms with E-state index in [0.29, 0.717) is 12.5 Å². The Kier molecular flexibility index (Phi) is 4.80. The van der Waals surface area contributed by atoms with Crippen molar-refractivity contribution in [3.8, 4) is 0 Å². The molecule has 0 aromatic rings. The number of aliphatic hydroxyl groups excluding tert-OH is 1. The van der Waals surface area contributed by atoms with Gasteiger partial charge in [-0.25, -0.2) is 0 Å². The molecule has 2 heterocycles. The number of rotatable bonds is 3. The van der Waals surface area contributed by atoms with Crippen molar-refractivity contribution >= 4 is 5.91 Å². The van der Waals surface area contributed by atoms with Crippen LogP contribution in [0.4, 0.5) is 0 Å². The van der Waals surface area contributed by atoms with Crippen molar-refractivity contribution in [3.63, 3.8) is 0 Å². The molecule has 1 amide bonds. The molecule has 0 saturated carbocycles. The average Bonchev–Trinajstić information content (AvgIpc) is 2.40. The molecule has 17 heavy (non-hydrogen) atoms. The second-order valence-electron chi connectivity index (χ2n) is 5.37. The largest absolute Gasteiger partial charge is 0.396 e. The second kappa shape index (κ2) is 6.36. The highest BCUT2D eigenvalue weighted by molar-refractivity contribution is 5.78. The summed E-state index contributed by atoms with van der Waals surface area (Å²) in [5.41, 5.74) is 0. The van der Waals surface area contributed by atoms with Gasteiger partial charge in [0.25, 0.3) is 0 Å². The van der Waals surface area contributed by atoms with Gasteiger partial charge in [-0.05, 0) is 44.6 Å². The Morgan fingerprint density at radius 1 is 1.12 bits per heavy atom. The van der Waals surface area contributed by atoms with E-state index in [1.807, 2.05) is 4.90 Å². The molecule has 0 aromatic heterocycles. The Morgan fingerprint density at radius 2 is 1.88 bits per heavy atom. The number of carbonyl (C=O) groups is 1. The summed E-state index contributed by atoms with van der Waals surface area (Å²) >= 11 is 0. The van der Waals surface area contributed by atoms with Gasteiger partial charge in [-0.2, -0.15) is 0 Å². The topological polar surface area (TPSA) is 43.8 Å². The van der Waals surface area contributed by atoms with Crippen LogP contribution in [0.1, 0.15) is 32.1 Å². The molecule has 2 aliphatic heterocycles. The van der Waals surface area contributed by atoms with Crippen LogP contribution in [-0.4, -0.2) is 60.1 Å². The third-order valence-corrected chi connectivity index (χ3v) is 3.93. The van der Waals surface area contributed by atoms with Crippen LogP contribution in [0.15, 0.2) is 0 Å². The van der Waals surface area contributed by atoms with E-state index in [-0.39, 0.29) is 12.5 Å². The van der Waals surface area contributed by atoms with Gasteiger partial charge >= 0.3 is 0 Å². The lowest BCUT2D eigenvalue weighted by molar-refractivity contribution is -0.133. The van der Waals surface area contributed by atoms with Gasteiger partial charge < -0.3 is 10.0 Å². The van der Waals surface area contributed by atoms with Crippen LogP contribution in [-0.2, 0) is 4.79 Å². The van der Waals surface area contributed by atoms with Crippen LogP contribution < -0.4 is 0 Å². The van der Waals surface area contributed by atoms with E-state index in [2.05, 4.69) is 4.90 Å². The van der Waals surface area contributed by atoms with Gasteiger partial charge in [0.2, 0.25) is 5.91 Å². The molecule has 4 nitrogen and oxygen atoms in total. The molecule has 0 radical (unpaired) electrons. The first-order chi connectivity index (χ1) is 8.29. The molecule has 0 spiro atoms. The van der Waals surface area contributed by atoms with Gasteiger partial charge in [0.15, 0.2) is 0 Å². The molecule has 0 unspecified atom stereocenters. The summed E-state index contributed by atoms with van der Waals surface area (Å²) < 4.78 is 0. The Hall–Kier alpha value is -0.610. The maximum Gasteiger partial charge on any atom is 0.236 e. The Labute approximate surface area is 104 Å². The predicted molar refractivity (Wildman–Crippen MR) is 66.7 cm³/mol. The molecule has 2 aliphatic rings. The highest BCUT2D eigenvalue weighted by Crippen LogP contribution is 2.16. The van der Waals surface area contributed by atoms with Crippen LogP contribution >= 0.6 is 0 Å². The van der Waals surface area contributed by atoms with Gasteiger partial charge in [0.05, 0.1) is 6.54 Å². The van der Waals surface area contributed by atoms with Crippen LogP contribution in [0, 0.1) is 5.92 Å². The first-order valence-corrected chi connectivity index (χ1v) is 6.90. The zero-order valence-electron chi connectivity index (χ0n) is 10.6. The lowest BCUT2D eigenvalue weighted by Crippen LogP contribution is -2.46. The minimum Gasteiger partial charge on any atom is -0.396 e. The zero-order chi connectivity index (χ0) is 12.1. The molecule has 2 rings (SSSR count). The Morgan fingerprint density at radius 3 is 2.59 bits per heavy atom. The number of piperidine rings is 2. The number of hydrogen-bond acceptors (Lipinski definition) is 3. The van der Waals surface area contributed by atoms with Crippen molar-refractivity contribution in [1.29, 1.82) is 0 Å². The van der Waals surface area contributed by atoms with E-state index in [4.69, 9.17) is 5.11 Å². The van der Waals surface area contributed by atoms with E-state index in [9.17, 15) is 4.79 Å². The summed E-state index contributed by atoms with van der Waals surface area (Å²) in [6.45, 7) is 4.59. The SMILES string of the molecule is O=C(CN1CCC[C@H](CO)C1)N1CCCCC1. The van der Waals surface area contributed by atoms with Gasteiger partial charge in [-0.1, -0.05) is 0 Å². The normalized spacial score (nSPS) is 27.1. The van der Waals surface area contributed by atoms with Gasteiger partial charge in [-0.15, -0.1) is 0 Å². The Bertz CT molecular complexity index is 252. The van der Waals surface area contributed by atoms with Crippen LogP contribution in [0.3, 0.4) is 0 Å². The first-order valence-electron chi connectivity index (χ1n) is 6.90. The van der Waals surface area contributed by atoms with Crippen molar-refractivity contribution in [2.24, 2.45) is 5.92 Å². The minimum atomic E-state index is 0.258. The molecule has 4 heteroatoms. The third kappa shape index (κ3) is 3.68. The molecule has 1 atom stereocenters. The van der Waals surface area contributed by atoms with E-state index in [0.717, 1.165) is 51.9 Å². The van der Waals surface area contributed by atoms with E-state index >= 15 is 0 Å². The summed E-state index contributed by atoms with van der Waals surface area (Å²) in [5, 5.41) is 9.17. The van der Waals surface area contributed by atoms with Crippen LogP contribution in [0.2, 0.25) is 0 Å². The van der Waals surface area contributed by atoms with Crippen molar-refractivity contribution in [1.82, 2.24) is 9.80 Å². The lowest BCUT2D eigenvalue weighted by Gasteiger charge is -2.34. The first kappa shape index (κ1) is 12.8. The maximum atomic E-state index is 12.1. The lowest BCUT2D eigenvalue weighted by atomic mass is 9.99. The molecular weight excluding hydrogens is 216 g/mol. The molecule has 0 aliphatic carbocycles. The van der Waals surface area contributed by atoms with Crippen molar-refractivity contribution in [3.05, 3.63) is 0 Å². The summed E-state index contributed by atoms with van der Waals surface area (Å²) in [7, 11) is 0. The van der Waals surface area contributed by atoms with Crippen molar-refractivity contribution in [2.45, 2.75) is 32.1 Å². The molecule has 0 aromatic carbocycles. The highest BCUT2D eigenvalue weighted by Gasteiger charge is 2.23. The van der Waals surface area contributed by atoms with E-state index < -0.39 is 0 Å². The number of carbonyl (C=O) groups excluding carboxylic acids is 1. The fraction of sp³-hybridized carbons (Fsp3) is 0.923. The minimum absolute atomic E-state index is 0.258. The van der Waals surface area contributed by atoms with Crippen molar-refractivity contribution < 1.29 is 9.90 Å². The van der Waals surface area contributed by atoms with E-state index in [1.54, 1.807) is 0 Å². The second-order valence-corrected chi connectivity index (χ2v) is 5.37.